The minimum atomic E-state index is -0.368. The summed E-state index contributed by atoms with van der Waals surface area (Å²) in [6, 6.07) is 6.76. The van der Waals surface area contributed by atoms with Crippen molar-refractivity contribution in [1.29, 1.82) is 0 Å². The van der Waals surface area contributed by atoms with E-state index < -0.39 is 0 Å². The van der Waals surface area contributed by atoms with Crippen molar-refractivity contribution in [2.75, 3.05) is 12.5 Å². The van der Waals surface area contributed by atoms with E-state index in [0.717, 1.165) is 0 Å². The van der Waals surface area contributed by atoms with E-state index >= 15 is 0 Å². The zero-order valence-electron chi connectivity index (χ0n) is 7.52. The summed E-state index contributed by atoms with van der Waals surface area (Å²) in [7, 11) is 1.34. The van der Waals surface area contributed by atoms with Gasteiger partial charge >= 0.3 is 5.97 Å². The van der Waals surface area contributed by atoms with Gasteiger partial charge in [0.2, 0.25) is 0 Å². The SMILES string of the molecule is COC(=O)c1cccc(NN)c1.Cl.Cl. The summed E-state index contributed by atoms with van der Waals surface area (Å²) in [6.07, 6.45) is 0. The number of halogens is 2. The fourth-order valence-electron chi connectivity index (χ4n) is 0.854. The summed E-state index contributed by atoms with van der Waals surface area (Å²) in [5, 5.41) is 0. The van der Waals surface area contributed by atoms with Crippen molar-refractivity contribution < 1.29 is 9.53 Å². The van der Waals surface area contributed by atoms with Gasteiger partial charge in [-0.25, -0.2) is 4.79 Å². The summed E-state index contributed by atoms with van der Waals surface area (Å²) in [6.45, 7) is 0. The first kappa shape index (κ1) is 15.5. The summed E-state index contributed by atoms with van der Waals surface area (Å²) >= 11 is 0. The molecule has 0 bridgehead atoms. The lowest BCUT2D eigenvalue weighted by atomic mass is 10.2. The monoisotopic (exact) mass is 238 g/mol. The number of methoxy groups -OCH3 is 1. The Morgan fingerprint density at radius 1 is 1.43 bits per heavy atom. The number of anilines is 1. The molecular formula is C8H12Cl2N2O2. The molecule has 0 atom stereocenters. The molecule has 1 rings (SSSR count). The Kier molecular flexibility index (Phi) is 8.23. The first-order valence-electron chi connectivity index (χ1n) is 3.43. The van der Waals surface area contributed by atoms with Gasteiger partial charge in [-0.1, -0.05) is 6.07 Å². The van der Waals surface area contributed by atoms with Crippen LogP contribution in [0, 0.1) is 0 Å². The number of carbonyl (C=O) groups is 1. The van der Waals surface area contributed by atoms with Gasteiger partial charge < -0.3 is 10.2 Å². The van der Waals surface area contributed by atoms with Gasteiger partial charge in [-0.15, -0.1) is 24.8 Å². The predicted molar refractivity (Wildman–Crippen MR) is 60.1 cm³/mol. The van der Waals surface area contributed by atoms with Gasteiger partial charge in [0.25, 0.3) is 0 Å². The molecule has 0 spiro atoms. The highest BCUT2D eigenvalue weighted by Gasteiger charge is 2.03. The highest BCUT2D eigenvalue weighted by atomic mass is 35.5. The van der Waals surface area contributed by atoms with Crippen molar-refractivity contribution in [3.8, 4) is 0 Å². The minimum Gasteiger partial charge on any atom is -0.465 e. The van der Waals surface area contributed by atoms with Crippen LogP contribution in [0.3, 0.4) is 0 Å². The molecule has 0 saturated heterocycles. The Labute approximate surface area is 94.6 Å². The number of benzene rings is 1. The molecule has 0 aliphatic heterocycles. The fourth-order valence-corrected chi connectivity index (χ4v) is 0.854. The molecule has 0 saturated carbocycles. The molecule has 0 aromatic heterocycles. The smallest absolute Gasteiger partial charge is 0.337 e. The maximum atomic E-state index is 11.0. The van der Waals surface area contributed by atoms with Crippen molar-refractivity contribution in [2.45, 2.75) is 0 Å². The van der Waals surface area contributed by atoms with Crippen LogP contribution in [-0.2, 0) is 4.74 Å². The fraction of sp³-hybridized carbons (Fsp3) is 0.125. The zero-order chi connectivity index (χ0) is 8.97. The number of nitrogen functional groups attached to an aromatic ring is 1. The van der Waals surface area contributed by atoms with Crippen LogP contribution in [0.15, 0.2) is 24.3 Å². The van der Waals surface area contributed by atoms with E-state index in [4.69, 9.17) is 5.84 Å². The van der Waals surface area contributed by atoms with Crippen LogP contribution < -0.4 is 11.3 Å². The maximum Gasteiger partial charge on any atom is 0.337 e. The number of nitrogens with one attached hydrogen (secondary N) is 1. The maximum absolute atomic E-state index is 11.0. The molecule has 14 heavy (non-hydrogen) atoms. The zero-order valence-corrected chi connectivity index (χ0v) is 9.15. The van der Waals surface area contributed by atoms with Crippen molar-refractivity contribution in [1.82, 2.24) is 0 Å². The Balaban J connectivity index is 0. The number of hydrazine groups is 1. The highest BCUT2D eigenvalue weighted by Crippen LogP contribution is 2.09. The molecular weight excluding hydrogens is 227 g/mol. The second kappa shape index (κ2) is 7.44. The van der Waals surface area contributed by atoms with Crippen LogP contribution in [-0.4, -0.2) is 13.1 Å². The molecule has 6 heteroatoms. The van der Waals surface area contributed by atoms with Gasteiger partial charge in [-0.05, 0) is 18.2 Å². The normalized spacial score (nSPS) is 7.86. The first-order chi connectivity index (χ1) is 5.77. The molecule has 0 heterocycles. The number of nitrogens with two attached hydrogens (primary N) is 1. The number of ether oxygens (including phenoxy) is 1. The lowest BCUT2D eigenvalue weighted by molar-refractivity contribution is 0.0601. The van der Waals surface area contributed by atoms with Crippen molar-refractivity contribution in [2.24, 2.45) is 5.84 Å². The third-order valence-electron chi connectivity index (χ3n) is 1.45. The minimum absolute atomic E-state index is 0. The van der Waals surface area contributed by atoms with Crippen molar-refractivity contribution in [3.63, 3.8) is 0 Å². The van der Waals surface area contributed by atoms with Crippen molar-refractivity contribution >= 4 is 36.5 Å². The van der Waals surface area contributed by atoms with Gasteiger partial charge in [0.15, 0.2) is 0 Å². The number of esters is 1. The molecule has 1 aromatic carbocycles. The van der Waals surface area contributed by atoms with E-state index in [1.807, 2.05) is 0 Å². The van der Waals surface area contributed by atoms with E-state index in [9.17, 15) is 4.79 Å². The summed E-state index contributed by atoms with van der Waals surface area (Å²) in [4.78, 5) is 11.0. The van der Waals surface area contributed by atoms with Crippen LogP contribution in [0.4, 0.5) is 5.69 Å². The Morgan fingerprint density at radius 3 is 2.57 bits per heavy atom. The topological polar surface area (TPSA) is 64.3 Å². The predicted octanol–water partition coefficient (Wildman–Crippen LogP) is 1.60. The van der Waals surface area contributed by atoms with Gasteiger partial charge in [-0.2, -0.15) is 0 Å². The molecule has 0 radical (unpaired) electrons. The van der Waals surface area contributed by atoms with Crippen LogP contribution >= 0.6 is 24.8 Å². The third kappa shape index (κ3) is 3.83. The molecule has 4 nitrogen and oxygen atoms in total. The van der Waals surface area contributed by atoms with E-state index in [2.05, 4.69) is 10.2 Å². The number of hydrogen-bond donors (Lipinski definition) is 2. The average molecular weight is 239 g/mol. The standard InChI is InChI=1S/C8H10N2O2.2ClH/c1-12-8(11)6-3-2-4-7(5-6)10-9;;/h2-5,10H,9H2,1H3;2*1H. The number of carbonyl (C=O) groups excluding carboxylic acids is 1. The van der Waals surface area contributed by atoms with Gasteiger partial charge in [0, 0.05) is 5.69 Å². The van der Waals surface area contributed by atoms with E-state index in [-0.39, 0.29) is 30.8 Å². The summed E-state index contributed by atoms with van der Waals surface area (Å²) < 4.78 is 4.53. The largest absolute Gasteiger partial charge is 0.465 e. The van der Waals surface area contributed by atoms with Crippen LogP contribution in [0.25, 0.3) is 0 Å². The molecule has 1 aromatic rings. The highest BCUT2D eigenvalue weighted by molar-refractivity contribution is 5.90. The van der Waals surface area contributed by atoms with Crippen LogP contribution in [0.2, 0.25) is 0 Å². The van der Waals surface area contributed by atoms with Gasteiger partial charge in [0.05, 0.1) is 12.7 Å². The van der Waals surface area contributed by atoms with E-state index in [1.165, 1.54) is 7.11 Å². The number of hydrogen-bond acceptors (Lipinski definition) is 4. The molecule has 80 valence electrons. The summed E-state index contributed by atoms with van der Waals surface area (Å²) in [5.41, 5.74) is 3.60. The van der Waals surface area contributed by atoms with Crippen molar-refractivity contribution in [3.05, 3.63) is 29.8 Å². The van der Waals surface area contributed by atoms with E-state index in [1.54, 1.807) is 24.3 Å². The Hall–Kier alpha value is -0.970. The first-order valence-corrected chi connectivity index (χ1v) is 3.43. The second-order valence-electron chi connectivity index (χ2n) is 2.22. The molecule has 3 N–H and O–H groups in total. The Bertz CT molecular complexity index is 294. The van der Waals surface area contributed by atoms with Crippen LogP contribution in [0.5, 0.6) is 0 Å². The third-order valence-corrected chi connectivity index (χ3v) is 1.45. The van der Waals surface area contributed by atoms with Gasteiger partial charge in [-0.3, -0.25) is 5.84 Å². The lowest BCUT2D eigenvalue weighted by Gasteiger charge is -2.01. The molecule has 0 aliphatic carbocycles. The molecule has 0 aliphatic rings. The summed E-state index contributed by atoms with van der Waals surface area (Å²) in [5.74, 6) is 4.79. The van der Waals surface area contributed by atoms with E-state index in [0.29, 0.717) is 11.3 Å². The van der Waals surface area contributed by atoms with Crippen LogP contribution in [0.1, 0.15) is 10.4 Å². The lowest BCUT2D eigenvalue weighted by Crippen LogP contribution is -2.08. The quantitative estimate of drug-likeness (QED) is 0.467. The average Bonchev–Trinajstić information content (AvgIpc) is 2.17. The number of rotatable bonds is 2. The molecule has 0 unspecified atom stereocenters. The van der Waals surface area contributed by atoms with Gasteiger partial charge in [0.1, 0.15) is 0 Å². The second-order valence-corrected chi connectivity index (χ2v) is 2.22. The molecule has 0 fully saturated rings. The Morgan fingerprint density at radius 2 is 2.07 bits per heavy atom. The molecule has 0 amide bonds.